The van der Waals surface area contributed by atoms with Crippen molar-refractivity contribution >= 4 is 23.2 Å². The summed E-state index contributed by atoms with van der Waals surface area (Å²) >= 11 is 0. The summed E-state index contributed by atoms with van der Waals surface area (Å²) in [4.78, 5) is 24.8. The molecule has 2 aromatic carbocycles. The van der Waals surface area contributed by atoms with Crippen molar-refractivity contribution in [3.05, 3.63) is 48.5 Å². The molecule has 0 unspecified atom stereocenters. The molecule has 0 aliphatic heterocycles. The lowest BCUT2D eigenvalue weighted by Gasteiger charge is -2.15. The minimum absolute atomic E-state index is 0.0583. The summed E-state index contributed by atoms with van der Waals surface area (Å²) < 4.78 is 10.6. The molecule has 2 aromatic rings. The topological polar surface area (TPSA) is 67.9 Å². The van der Waals surface area contributed by atoms with E-state index in [1.165, 1.54) is 11.8 Å². The summed E-state index contributed by atoms with van der Waals surface area (Å²) in [6.07, 6.45) is 0. The minimum atomic E-state index is -0.284. The number of rotatable bonds is 6. The van der Waals surface area contributed by atoms with Crippen LogP contribution in [0.1, 0.15) is 6.92 Å². The number of ether oxygens (including phenoxy) is 2. The van der Waals surface area contributed by atoms with E-state index in [1.54, 1.807) is 56.6 Å². The second-order valence-corrected chi connectivity index (χ2v) is 5.11. The largest absolute Gasteiger partial charge is 0.493 e. The number of hydrogen-bond acceptors (Lipinski definition) is 4. The van der Waals surface area contributed by atoms with Gasteiger partial charge < -0.3 is 19.7 Å². The molecule has 0 spiro atoms. The lowest BCUT2D eigenvalue weighted by molar-refractivity contribution is -0.118. The predicted octanol–water partition coefficient (Wildman–Crippen LogP) is 2.70. The van der Waals surface area contributed by atoms with E-state index in [0.29, 0.717) is 17.2 Å². The standard InChI is InChI=1S/C18H20N2O4/c1-13(21)20(2)15-10-8-14(9-11-15)19-18(22)12-24-17-7-5-4-6-16(17)23-3/h4-11H,12H2,1-3H3,(H,19,22). The van der Waals surface area contributed by atoms with Gasteiger partial charge in [0, 0.05) is 25.3 Å². The maximum Gasteiger partial charge on any atom is 0.262 e. The van der Waals surface area contributed by atoms with Crippen molar-refractivity contribution in [3.63, 3.8) is 0 Å². The Morgan fingerprint density at radius 1 is 1.04 bits per heavy atom. The maximum atomic E-state index is 12.0. The summed E-state index contributed by atoms with van der Waals surface area (Å²) in [7, 11) is 3.24. The first-order valence-corrected chi connectivity index (χ1v) is 7.41. The fraction of sp³-hybridized carbons (Fsp3) is 0.222. The van der Waals surface area contributed by atoms with Crippen LogP contribution in [0.15, 0.2) is 48.5 Å². The number of nitrogens with one attached hydrogen (secondary N) is 1. The maximum absolute atomic E-state index is 12.0. The Morgan fingerprint density at radius 2 is 1.67 bits per heavy atom. The van der Waals surface area contributed by atoms with Crippen LogP contribution in [-0.4, -0.2) is 32.6 Å². The van der Waals surface area contributed by atoms with Crippen LogP contribution in [0.3, 0.4) is 0 Å². The van der Waals surface area contributed by atoms with Gasteiger partial charge in [0.15, 0.2) is 18.1 Å². The molecule has 0 saturated carbocycles. The first-order valence-electron chi connectivity index (χ1n) is 7.41. The fourth-order valence-electron chi connectivity index (χ4n) is 2.03. The van der Waals surface area contributed by atoms with E-state index >= 15 is 0 Å². The van der Waals surface area contributed by atoms with Gasteiger partial charge in [0.1, 0.15) is 0 Å². The van der Waals surface area contributed by atoms with Crippen molar-refractivity contribution < 1.29 is 19.1 Å². The minimum Gasteiger partial charge on any atom is -0.493 e. The van der Waals surface area contributed by atoms with Gasteiger partial charge in [-0.2, -0.15) is 0 Å². The average molecular weight is 328 g/mol. The molecule has 0 aromatic heterocycles. The third-order valence-electron chi connectivity index (χ3n) is 3.44. The Hall–Kier alpha value is -3.02. The number of hydrogen-bond donors (Lipinski definition) is 1. The first kappa shape index (κ1) is 17.3. The van der Waals surface area contributed by atoms with Crippen LogP contribution in [0.4, 0.5) is 11.4 Å². The summed E-state index contributed by atoms with van der Waals surface area (Å²) in [6, 6.07) is 14.1. The van der Waals surface area contributed by atoms with Crippen LogP contribution in [0.2, 0.25) is 0 Å². The number of methoxy groups -OCH3 is 1. The highest BCUT2D eigenvalue weighted by Gasteiger charge is 2.08. The molecule has 126 valence electrons. The van der Waals surface area contributed by atoms with Gasteiger partial charge in [0.05, 0.1) is 7.11 Å². The van der Waals surface area contributed by atoms with Crippen molar-refractivity contribution in [2.45, 2.75) is 6.92 Å². The van der Waals surface area contributed by atoms with Crippen LogP contribution in [-0.2, 0) is 9.59 Å². The number of amides is 2. The van der Waals surface area contributed by atoms with E-state index in [2.05, 4.69) is 5.32 Å². The van der Waals surface area contributed by atoms with E-state index in [-0.39, 0.29) is 18.4 Å². The van der Waals surface area contributed by atoms with Crippen molar-refractivity contribution in [2.75, 3.05) is 31.0 Å². The third kappa shape index (κ3) is 4.49. The number of carbonyl (C=O) groups excluding carboxylic acids is 2. The SMILES string of the molecule is COc1ccccc1OCC(=O)Nc1ccc(N(C)C(C)=O)cc1. The van der Waals surface area contributed by atoms with Gasteiger partial charge in [-0.3, -0.25) is 9.59 Å². The zero-order valence-corrected chi connectivity index (χ0v) is 13.9. The quantitative estimate of drug-likeness (QED) is 0.885. The molecule has 2 amide bonds. The van der Waals surface area contributed by atoms with Crippen molar-refractivity contribution in [3.8, 4) is 11.5 Å². The molecule has 0 aliphatic carbocycles. The zero-order valence-electron chi connectivity index (χ0n) is 13.9. The molecule has 2 rings (SSSR count). The highest BCUT2D eigenvalue weighted by molar-refractivity contribution is 5.93. The van der Waals surface area contributed by atoms with E-state index < -0.39 is 0 Å². The van der Waals surface area contributed by atoms with Gasteiger partial charge >= 0.3 is 0 Å². The fourth-order valence-corrected chi connectivity index (χ4v) is 2.03. The predicted molar refractivity (Wildman–Crippen MR) is 92.6 cm³/mol. The highest BCUT2D eigenvalue weighted by Crippen LogP contribution is 2.25. The molecule has 24 heavy (non-hydrogen) atoms. The van der Waals surface area contributed by atoms with Gasteiger partial charge in [-0.05, 0) is 36.4 Å². The van der Waals surface area contributed by atoms with Gasteiger partial charge in [0.2, 0.25) is 5.91 Å². The number of benzene rings is 2. The van der Waals surface area contributed by atoms with Crippen molar-refractivity contribution in [1.29, 1.82) is 0 Å². The summed E-state index contributed by atoms with van der Waals surface area (Å²) in [6.45, 7) is 1.36. The van der Waals surface area contributed by atoms with E-state index in [1.807, 2.05) is 6.07 Å². The lowest BCUT2D eigenvalue weighted by atomic mass is 10.2. The van der Waals surface area contributed by atoms with Crippen LogP contribution < -0.4 is 19.7 Å². The van der Waals surface area contributed by atoms with Crippen LogP contribution in [0.25, 0.3) is 0 Å². The zero-order chi connectivity index (χ0) is 17.5. The van der Waals surface area contributed by atoms with Crippen LogP contribution >= 0.6 is 0 Å². The summed E-state index contributed by atoms with van der Waals surface area (Å²) in [5.41, 5.74) is 1.38. The van der Waals surface area contributed by atoms with Gasteiger partial charge in [-0.1, -0.05) is 12.1 Å². The van der Waals surface area contributed by atoms with Gasteiger partial charge in [-0.15, -0.1) is 0 Å². The van der Waals surface area contributed by atoms with Crippen molar-refractivity contribution in [2.24, 2.45) is 0 Å². The molecular formula is C18H20N2O4. The van der Waals surface area contributed by atoms with E-state index in [4.69, 9.17) is 9.47 Å². The molecule has 6 nitrogen and oxygen atoms in total. The highest BCUT2D eigenvalue weighted by atomic mass is 16.5. The van der Waals surface area contributed by atoms with E-state index in [9.17, 15) is 9.59 Å². The first-order chi connectivity index (χ1) is 11.5. The molecule has 0 saturated heterocycles. The summed E-state index contributed by atoms with van der Waals surface area (Å²) in [5.74, 6) is 0.737. The normalized spacial score (nSPS) is 9.96. The number of nitrogens with zero attached hydrogens (tertiary/aromatic N) is 1. The Balaban J connectivity index is 1.91. The number of anilines is 2. The van der Waals surface area contributed by atoms with Crippen LogP contribution in [0.5, 0.6) is 11.5 Å². The second-order valence-electron chi connectivity index (χ2n) is 5.11. The second kappa shape index (κ2) is 8.01. The Morgan fingerprint density at radius 3 is 2.25 bits per heavy atom. The molecular weight excluding hydrogens is 308 g/mol. The molecule has 0 bridgehead atoms. The molecule has 0 radical (unpaired) electrons. The summed E-state index contributed by atoms with van der Waals surface area (Å²) in [5, 5.41) is 2.74. The van der Waals surface area contributed by atoms with E-state index in [0.717, 1.165) is 5.69 Å². The molecule has 0 fully saturated rings. The number of carbonyl (C=O) groups is 2. The molecule has 0 aliphatic rings. The third-order valence-corrected chi connectivity index (χ3v) is 3.44. The molecule has 6 heteroatoms. The van der Waals surface area contributed by atoms with Gasteiger partial charge in [-0.25, -0.2) is 0 Å². The Labute approximate surface area is 141 Å². The van der Waals surface area contributed by atoms with Crippen molar-refractivity contribution in [1.82, 2.24) is 0 Å². The lowest BCUT2D eigenvalue weighted by Crippen LogP contribution is -2.23. The smallest absolute Gasteiger partial charge is 0.262 e. The number of para-hydroxylation sites is 2. The Bertz CT molecular complexity index is 713. The molecule has 1 N–H and O–H groups in total. The molecule has 0 atom stereocenters. The monoisotopic (exact) mass is 328 g/mol. The molecule has 0 heterocycles. The average Bonchev–Trinajstić information content (AvgIpc) is 2.60. The van der Waals surface area contributed by atoms with Crippen LogP contribution in [0, 0.1) is 0 Å². The van der Waals surface area contributed by atoms with Gasteiger partial charge in [0.25, 0.3) is 5.91 Å². The Kier molecular flexibility index (Phi) is 5.78.